The Balaban J connectivity index is 1.47. The van der Waals surface area contributed by atoms with Gasteiger partial charge in [-0.25, -0.2) is 15.0 Å². The van der Waals surface area contributed by atoms with Gasteiger partial charge >= 0.3 is 0 Å². The van der Waals surface area contributed by atoms with Crippen molar-refractivity contribution in [2.24, 2.45) is 0 Å². The molecular weight excluding hydrogens is 384 g/mol. The topological polar surface area (TPSA) is 101 Å². The number of nitrogens with zero attached hydrogens (tertiary/aromatic N) is 6. The average molecular weight is 408 g/mol. The molecule has 1 fully saturated rings. The molecule has 30 heavy (non-hydrogen) atoms. The van der Waals surface area contributed by atoms with Crippen molar-refractivity contribution in [3.05, 3.63) is 63.5 Å². The van der Waals surface area contributed by atoms with Crippen LogP contribution in [0.4, 0.5) is 11.5 Å². The smallest absolute Gasteiger partial charge is 0.270 e. The molecule has 1 aliphatic rings. The Morgan fingerprint density at radius 1 is 1.07 bits per heavy atom. The molecule has 1 saturated heterocycles. The molecule has 156 valence electrons. The molecule has 9 heteroatoms. The number of hydrogen-bond donors (Lipinski definition) is 0. The average Bonchev–Trinajstić information content (AvgIpc) is 3.05. The zero-order chi connectivity index (χ0) is 21.3. The lowest BCUT2D eigenvalue weighted by Gasteiger charge is -2.34. The minimum Gasteiger partial charge on any atom is -0.444 e. The maximum Gasteiger partial charge on any atom is 0.270 e. The third kappa shape index (κ3) is 4.30. The van der Waals surface area contributed by atoms with E-state index in [2.05, 4.69) is 19.8 Å². The van der Waals surface area contributed by atoms with Crippen LogP contribution >= 0.6 is 0 Å². The molecule has 0 atom stereocenters. The van der Waals surface area contributed by atoms with Gasteiger partial charge < -0.3 is 9.32 Å². The molecule has 0 aliphatic carbocycles. The van der Waals surface area contributed by atoms with E-state index in [9.17, 15) is 10.1 Å². The molecule has 1 aliphatic heterocycles. The van der Waals surface area contributed by atoms with E-state index in [1.165, 1.54) is 12.1 Å². The highest BCUT2D eigenvalue weighted by molar-refractivity contribution is 5.61. The van der Waals surface area contributed by atoms with Crippen LogP contribution in [0.1, 0.15) is 23.0 Å². The van der Waals surface area contributed by atoms with Gasteiger partial charge in [-0.15, -0.1) is 0 Å². The van der Waals surface area contributed by atoms with E-state index in [0.717, 1.165) is 55.0 Å². The van der Waals surface area contributed by atoms with Gasteiger partial charge in [-0.05, 0) is 20.8 Å². The highest BCUT2D eigenvalue weighted by Crippen LogP contribution is 2.24. The van der Waals surface area contributed by atoms with Crippen LogP contribution in [-0.2, 0) is 6.54 Å². The first-order valence-electron chi connectivity index (χ1n) is 9.90. The number of non-ortho nitro benzene ring substituents is 1. The second-order valence-electron chi connectivity index (χ2n) is 7.51. The summed E-state index contributed by atoms with van der Waals surface area (Å²) in [5.41, 5.74) is 2.44. The standard InChI is InChI=1S/C21H24N6O3/c1-14-11-19(24-21(22-14)17-5-4-6-18(12-17)27(28)29)26-9-7-25(8-10-26)13-20-23-15(2)16(3)30-20/h4-6,11-12H,7-10,13H2,1-3H3. The van der Waals surface area contributed by atoms with Crippen molar-refractivity contribution >= 4 is 11.5 Å². The zero-order valence-electron chi connectivity index (χ0n) is 17.3. The van der Waals surface area contributed by atoms with E-state index >= 15 is 0 Å². The Kier molecular flexibility index (Phi) is 5.45. The Hall–Kier alpha value is -3.33. The lowest BCUT2D eigenvalue weighted by Crippen LogP contribution is -2.46. The van der Waals surface area contributed by atoms with Gasteiger partial charge in [0, 0.05) is 55.6 Å². The zero-order valence-corrected chi connectivity index (χ0v) is 17.3. The van der Waals surface area contributed by atoms with Crippen molar-refractivity contribution in [2.45, 2.75) is 27.3 Å². The fourth-order valence-corrected chi connectivity index (χ4v) is 3.53. The Labute approximate surface area is 174 Å². The second-order valence-corrected chi connectivity index (χ2v) is 7.51. The summed E-state index contributed by atoms with van der Waals surface area (Å²) in [4.78, 5) is 28.9. The quantitative estimate of drug-likeness (QED) is 0.468. The van der Waals surface area contributed by atoms with Gasteiger partial charge in [0.25, 0.3) is 5.69 Å². The van der Waals surface area contributed by atoms with E-state index in [0.29, 0.717) is 17.9 Å². The van der Waals surface area contributed by atoms with E-state index in [-0.39, 0.29) is 5.69 Å². The monoisotopic (exact) mass is 408 g/mol. The van der Waals surface area contributed by atoms with Crippen molar-refractivity contribution in [1.29, 1.82) is 0 Å². The second kappa shape index (κ2) is 8.19. The summed E-state index contributed by atoms with van der Waals surface area (Å²) in [5.74, 6) is 2.96. The first kappa shape index (κ1) is 20.0. The number of rotatable bonds is 5. The molecular formula is C21H24N6O3. The van der Waals surface area contributed by atoms with Gasteiger partial charge in [-0.1, -0.05) is 12.1 Å². The fraction of sp³-hybridized carbons (Fsp3) is 0.381. The largest absolute Gasteiger partial charge is 0.444 e. The van der Waals surface area contributed by atoms with Crippen molar-refractivity contribution in [3.63, 3.8) is 0 Å². The van der Waals surface area contributed by atoms with Crippen molar-refractivity contribution in [2.75, 3.05) is 31.1 Å². The Bertz CT molecular complexity index is 1050. The van der Waals surface area contributed by atoms with Crippen LogP contribution in [-0.4, -0.2) is 51.0 Å². The third-order valence-corrected chi connectivity index (χ3v) is 5.28. The Morgan fingerprint density at radius 2 is 1.83 bits per heavy atom. The number of nitro benzene ring substituents is 1. The maximum absolute atomic E-state index is 11.1. The molecule has 9 nitrogen and oxygen atoms in total. The lowest BCUT2D eigenvalue weighted by molar-refractivity contribution is -0.384. The number of nitro groups is 1. The van der Waals surface area contributed by atoms with Crippen LogP contribution in [0.3, 0.4) is 0 Å². The molecule has 0 radical (unpaired) electrons. The first-order chi connectivity index (χ1) is 14.4. The van der Waals surface area contributed by atoms with E-state index < -0.39 is 4.92 Å². The summed E-state index contributed by atoms with van der Waals surface area (Å²) in [6.45, 7) is 9.88. The number of aryl methyl sites for hydroxylation is 3. The number of piperazine rings is 1. The molecule has 0 N–H and O–H groups in total. The predicted octanol–water partition coefficient (Wildman–Crippen LogP) is 3.29. The molecule has 0 amide bonds. The van der Waals surface area contributed by atoms with Crippen molar-refractivity contribution in [3.8, 4) is 11.4 Å². The maximum atomic E-state index is 11.1. The van der Waals surface area contributed by atoms with Crippen molar-refractivity contribution < 1.29 is 9.34 Å². The number of anilines is 1. The van der Waals surface area contributed by atoms with E-state index in [1.54, 1.807) is 12.1 Å². The van der Waals surface area contributed by atoms with Crippen LogP contribution in [0.5, 0.6) is 0 Å². The van der Waals surface area contributed by atoms with Gasteiger partial charge in [-0.2, -0.15) is 0 Å². The minimum absolute atomic E-state index is 0.0322. The third-order valence-electron chi connectivity index (χ3n) is 5.28. The van der Waals surface area contributed by atoms with Gasteiger partial charge in [0.1, 0.15) is 11.6 Å². The molecule has 0 spiro atoms. The summed E-state index contributed by atoms with van der Waals surface area (Å²) in [5, 5.41) is 11.1. The molecule has 0 unspecified atom stereocenters. The molecule has 1 aromatic carbocycles. The normalized spacial score (nSPS) is 14.8. The van der Waals surface area contributed by atoms with Crippen LogP contribution < -0.4 is 4.90 Å². The van der Waals surface area contributed by atoms with Crippen LogP contribution in [0, 0.1) is 30.9 Å². The summed E-state index contributed by atoms with van der Waals surface area (Å²) in [6.07, 6.45) is 0. The predicted molar refractivity (Wildman–Crippen MR) is 112 cm³/mol. The highest BCUT2D eigenvalue weighted by Gasteiger charge is 2.21. The summed E-state index contributed by atoms with van der Waals surface area (Å²) in [7, 11) is 0. The lowest BCUT2D eigenvalue weighted by atomic mass is 10.2. The van der Waals surface area contributed by atoms with Gasteiger partial charge in [-0.3, -0.25) is 15.0 Å². The Morgan fingerprint density at radius 3 is 2.50 bits per heavy atom. The SMILES string of the molecule is Cc1cc(N2CCN(Cc3nc(C)c(C)o3)CC2)nc(-c2cccc([N+](=O)[O-])c2)n1. The minimum atomic E-state index is -0.406. The first-order valence-corrected chi connectivity index (χ1v) is 9.90. The van der Waals surface area contributed by atoms with E-state index in [1.807, 2.05) is 26.8 Å². The highest BCUT2D eigenvalue weighted by atomic mass is 16.6. The summed E-state index contributed by atoms with van der Waals surface area (Å²) >= 11 is 0. The van der Waals surface area contributed by atoms with Crippen LogP contribution in [0.2, 0.25) is 0 Å². The van der Waals surface area contributed by atoms with Crippen molar-refractivity contribution in [1.82, 2.24) is 19.9 Å². The van der Waals surface area contributed by atoms with Crippen LogP contribution in [0.15, 0.2) is 34.7 Å². The summed E-state index contributed by atoms with van der Waals surface area (Å²) in [6, 6.07) is 8.39. The number of benzene rings is 1. The number of aromatic nitrogens is 3. The fourth-order valence-electron chi connectivity index (χ4n) is 3.53. The number of oxazole rings is 1. The molecule has 0 saturated carbocycles. The van der Waals surface area contributed by atoms with Crippen LogP contribution in [0.25, 0.3) is 11.4 Å². The molecule has 3 heterocycles. The van der Waals surface area contributed by atoms with Gasteiger partial charge in [0.2, 0.25) is 5.89 Å². The molecule has 0 bridgehead atoms. The van der Waals surface area contributed by atoms with E-state index in [4.69, 9.17) is 9.40 Å². The molecule has 4 rings (SSSR count). The summed E-state index contributed by atoms with van der Waals surface area (Å²) < 4.78 is 5.70. The van der Waals surface area contributed by atoms with Gasteiger partial charge in [0.05, 0.1) is 17.2 Å². The molecule has 3 aromatic rings. The number of hydrogen-bond acceptors (Lipinski definition) is 8. The van der Waals surface area contributed by atoms with Gasteiger partial charge in [0.15, 0.2) is 5.82 Å². The molecule has 2 aromatic heterocycles.